The van der Waals surface area contributed by atoms with Gasteiger partial charge >= 0.3 is 0 Å². The first-order valence-electron chi connectivity index (χ1n) is 4.30. The highest BCUT2D eigenvalue weighted by Crippen LogP contribution is 2.35. The molecule has 2 rings (SSSR count). The second-order valence-corrected chi connectivity index (χ2v) is 3.71. The maximum atomic E-state index is 11.0. The first-order valence-corrected chi connectivity index (χ1v) is 4.30. The van der Waals surface area contributed by atoms with E-state index >= 15 is 0 Å². The molecule has 1 aliphatic carbocycles. The van der Waals surface area contributed by atoms with Crippen LogP contribution < -0.4 is 11.1 Å². The van der Waals surface area contributed by atoms with Crippen LogP contribution in [0.3, 0.4) is 0 Å². The number of carbonyl (C=O) groups excluding carboxylic acids is 1. The zero-order valence-electron chi connectivity index (χ0n) is 6.55. The first kappa shape index (κ1) is 7.10. The normalized spacial score (nSPS) is 38.5. The van der Waals surface area contributed by atoms with Crippen molar-refractivity contribution in [3.8, 4) is 0 Å². The quantitative estimate of drug-likeness (QED) is 0.558. The maximum absolute atomic E-state index is 11.0. The van der Waals surface area contributed by atoms with Crippen LogP contribution in [0.1, 0.15) is 25.7 Å². The highest BCUT2D eigenvalue weighted by atomic mass is 16.1. The summed E-state index contributed by atoms with van der Waals surface area (Å²) < 4.78 is 0. The van der Waals surface area contributed by atoms with Crippen molar-refractivity contribution in [2.45, 2.75) is 37.8 Å². The van der Waals surface area contributed by atoms with Crippen molar-refractivity contribution >= 4 is 5.91 Å². The average molecular weight is 154 g/mol. The van der Waals surface area contributed by atoms with Crippen molar-refractivity contribution in [2.24, 2.45) is 11.7 Å². The molecule has 1 saturated carbocycles. The van der Waals surface area contributed by atoms with E-state index in [0.29, 0.717) is 12.5 Å². The van der Waals surface area contributed by atoms with E-state index in [-0.39, 0.29) is 11.9 Å². The van der Waals surface area contributed by atoms with Gasteiger partial charge in [0.2, 0.25) is 5.91 Å². The standard InChI is InChI=1S/C8H14N2O/c9-6-3-7(5-1-2-5)10-8(11)4-6/h5-7H,1-4,9H2,(H,10,11). The summed E-state index contributed by atoms with van der Waals surface area (Å²) in [4.78, 5) is 11.0. The summed E-state index contributed by atoms with van der Waals surface area (Å²) in [5.74, 6) is 0.881. The minimum absolute atomic E-state index is 0.106. The Labute approximate surface area is 66.3 Å². The van der Waals surface area contributed by atoms with Gasteiger partial charge in [-0.15, -0.1) is 0 Å². The maximum Gasteiger partial charge on any atom is 0.221 e. The van der Waals surface area contributed by atoms with Crippen LogP contribution in [0.5, 0.6) is 0 Å². The Balaban J connectivity index is 1.94. The number of nitrogens with one attached hydrogen (secondary N) is 1. The van der Waals surface area contributed by atoms with Crippen LogP contribution in [0.15, 0.2) is 0 Å². The lowest BCUT2D eigenvalue weighted by Gasteiger charge is -2.27. The van der Waals surface area contributed by atoms with Crippen molar-refractivity contribution in [3.05, 3.63) is 0 Å². The van der Waals surface area contributed by atoms with Crippen molar-refractivity contribution in [2.75, 3.05) is 0 Å². The summed E-state index contributed by atoms with van der Waals surface area (Å²) in [5, 5.41) is 2.99. The lowest BCUT2D eigenvalue weighted by Crippen LogP contribution is -2.48. The third-order valence-corrected chi connectivity index (χ3v) is 2.54. The van der Waals surface area contributed by atoms with Crippen LogP contribution in [0.4, 0.5) is 0 Å². The molecule has 2 aliphatic rings. The summed E-state index contributed by atoms with van der Waals surface area (Å²) in [6, 6.07) is 0.501. The van der Waals surface area contributed by atoms with Crippen molar-refractivity contribution < 1.29 is 4.79 Å². The molecule has 1 amide bonds. The van der Waals surface area contributed by atoms with Crippen molar-refractivity contribution in [3.63, 3.8) is 0 Å². The van der Waals surface area contributed by atoms with E-state index in [1.54, 1.807) is 0 Å². The molecule has 62 valence electrons. The van der Waals surface area contributed by atoms with E-state index in [1.807, 2.05) is 0 Å². The van der Waals surface area contributed by atoms with Gasteiger partial charge < -0.3 is 11.1 Å². The third kappa shape index (κ3) is 1.53. The van der Waals surface area contributed by atoms with E-state index in [2.05, 4.69) is 5.32 Å². The zero-order valence-corrected chi connectivity index (χ0v) is 6.55. The molecule has 3 N–H and O–H groups in total. The molecule has 2 atom stereocenters. The lowest BCUT2D eigenvalue weighted by atomic mass is 9.96. The summed E-state index contributed by atoms with van der Waals surface area (Å²) in [5.41, 5.74) is 5.72. The first-order chi connectivity index (χ1) is 5.25. The smallest absolute Gasteiger partial charge is 0.221 e. The summed E-state index contributed by atoms with van der Waals surface area (Å²) in [6.07, 6.45) is 4.05. The number of hydrogen-bond donors (Lipinski definition) is 2. The fraction of sp³-hybridized carbons (Fsp3) is 0.875. The van der Waals surface area contributed by atoms with Gasteiger partial charge in [-0.3, -0.25) is 4.79 Å². The molecule has 0 aromatic rings. The van der Waals surface area contributed by atoms with Gasteiger partial charge in [-0.2, -0.15) is 0 Å². The van der Waals surface area contributed by atoms with E-state index in [4.69, 9.17) is 5.73 Å². The van der Waals surface area contributed by atoms with Gasteiger partial charge in [-0.25, -0.2) is 0 Å². The van der Waals surface area contributed by atoms with E-state index < -0.39 is 0 Å². The van der Waals surface area contributed by atoms with Gasteiger partial charge in [0.05, 0.1) is 0 Å². The van der Waals surface area contributed by atoms with Crippen LogP contribution in [-0.4, -0.2) is 18.0 Å². The van der Waals surface area contributed by atoms with Crippen molar-refractivity contribution in [1.29, 1.82) is 0 Å². The molecule has 0 radical (unpaired) electrons. The van der Waals surface area contributed by atoms with Crippen LogP contribution >= 0.6 is 0 Å². The Kier molecular flexibility index (Phi) is 1.60. The zero-order chi connectivity index (χ0) is 7.84. The fourth-order valence-corrected chi connectivity index (χ4v) is 1.78. The Morgan fingerprint density at radius 3 is 2.73 bits per heavy atom. The van der Waals surface area contributed by atoms with Crippen LogP contribution in [-0.2, 0) is 4.79 Å². The van der Waals surface area contributed by atoms with E-state index in [9.17, 15) is 4.79 Å². The molecule has 0 bridgehead atoms. The fourth-order valence-electron chi connectivity index (χ4n) is 1.78. The highest BCUT2D eigenvalue weighted by molar-refractivity contribution is 5.77. The molecule has 1 saturated heterocycles. The summed E-state index contributed by atoms with van der Waals surface area (Å²) in [7, 11) is 0. The molecule has 3 nitrogen and oxygen atoms in total. The minimum Gasteiger partial charge on any atom is -0.353 e. The van der Waals surface area contributed by atoms with Gasteiger partial charge in [0.25, 0.3) is 0 Å². The topological polar surface area (TPSA) is 55.1 Å². The van der Waals surface area contributed by atoms with E-state index in [0.717, 1.165) is 12.3 Å². The lowest BCUT2D eigenvalue weighted by molar-refractivity contribution is -0.123. The van der Waals surface area contributed by atoms with Crippen molar-refractivity contribution in [1.82, 2.24) is 5.32 Å². The number of piperidine rings is 1. The third-order valence-electron chi connectivity index (χ3n) is 2.54. The molecule has 0 aromatic heterocycles. The average Bonchev–Trinajstić information content (AvgIpc) is 2.64. The predicted octanol–water partition coefficient (Wildman–Crippen LogP) is 0.00230. The van der Waals surface area contributed by atoms with Gasteiger partial charge in [-0.1, -0.05) is 0 Å². The number of hydrogen-bond acceptors (Lipinski definition) is 2. The molecule has 3 heteroatoms. The predicted molar refractivity (Wildman–Crippen MR) is 41.9 cm³/mol. The van der Waals surface area contributed by atoms with Gasteiger partial charge in [-0.05, 0) is 25.2 Å². The Morgan fingerprint density at radius 2 is 2.18 bits per heavy atom. The summed E-state index contributed by atoms with van der Waals surface area (Å²) >= 11 is 0. The number of amides is 1. The highest BCUT2D eigenvalue weighted by Gasteiger charge is 2.36. The molecule has 2 unspecified atom stereocenters. The molecule has 1 aliphatic heterocycles. The van der Waals surface area contributed by atoms with Crippen LogP contribution in [0.2, 0.25) is 0 Å². The molecule has 0 spiro atoms. The molecule has 0 aromatic carbocycles. The van der Waals surface area contributed by atoms with Gasteiger partial charge in [0, 0.05) is 18.5 Å². The second kappa shape index (κ2) is 2.48. The number of nitrogens with two attached hydrogens (primary N) is 1. The largest absolute Gasteiger partial charge is 0.353 e. The molecule has 11 heavy (non-hydrogen) atoms. The number of carbonyl (C=O) groups is 1. The number of rotatable bonds is 1. The second-order valence-electron chi connectivity index (χ2n) is 3.71. The Hall–Kier alpha value is -0.570. The van der Waals surface area contributed by atoms with Gasteiger partial charge in [0.1, 0.15) is 0 Å². The monoisotopic (exact) mass is 154 g/mol. The summed E-state index contributed by atoms with van der Waals surface area (Å²) in [6.45, 7) is 0. The Morgan fingerprint density at radius 1 is 1.45 bits per heavy atom. The molecule has 2 fully saturated rings. The minimum atomic E-state index is 0.106. The molecule has 1 heterocycles. The molecular formula is C8H14N2O. The SMILES string of the molecule is NC1CC(=O)NC(C2CC2)C1. The van der Waals surface area contributed by atoms with Crippen LogP contribution in [0, 0.1) is 5.92 Å². The van der Waals surface area contributed by atoms with Crippen LogP contribution in [0.25, 0.3) is 0 Å². The Bertz CT molecular complexity index is 177. The molecular weight excluding hydrogens is 140 g/mol. The van der Waals surface area contributed by atoms with Gasteiger partial charge in [0.15, 0.2) is 0 Å². The van der Waals surface area contributed by atoms with E-state index in [1.165, 1.54) is 12.8 Å².